The number of hydrogen-bond acceptors (Lipinski definition) is 1. The lowest BCUT2D eigenvalue weighted by Crippen LogP contribution is -2.37. The van der Waals surface area contributed by atoms with Crippen LogP contribution in [0.1, 0.15) is 12.5 Å². The molecule has 0 radical (unpaired) electrons. The fourth-order valence-electron chi connectivity index (χ4n) is 1.58. The van der Waals surface area contributed by atoms with Crippen molar-refractivity contribution < 1.29 is 4.79 Å². The van der Waals surface area contributed by atoms with E-state index in [0.29, 0.717) is 6.54 Å². The molecular formula is C10H12N2O. The van der Waals surface area contributed by atoms with Crippen LogP contribution >= 0.6 is 0 Å². The summed E-state index contributed by atoms with van der Waals surface area (Å²) in [5, 5.41) is 5.66. The van der Waals surface area contributed by atoms with Crippen molar-refractivity contribution >= 4 is 6.03 Å². The number of rotatable bonds is 1. The lowest BCUT2D eigenvalue weighted by Gasteiger charge is -2.22. The third kappa shape index (κ3) is 1.37. The number of amides is 2. The summed E-state index contributed by atoms with van der Waals surface area (Å²) in [6, 6.07) is 9.87. The highest BCUT2D eigenvalue weighted by Gasteiger charge is 2.33. The minimum Gasteiger partial charge on any atom is -0.335 e. The van der Waals surface area contributed by atoms with Crippen LogP contribution in [0.25, 0.3) is 0 Å². The summed E-state index contributed by atoms with van der Waals surface area (Å²) >= 11 is 0. The van der Waals surface area contributed by atoms with Crippen molar-refractivity contribution in [3.8, 4) is 0 Å². The van der Waals surface area contributed by atoms with Crippen LogP contribution in [-0.4, -0.2) is 12.6 Å². The van der Waals surface area contributed by atoms with Crippen molar-refractivity contribution in [3.63, 3.8) is 0 Å². The summed E-state index contributed by atoms with van der Waals surface area (Å²) in [6.07, 6.45) is 0. The molecule has 1 aliphatic rings. The Kier molecular flexibility index (Phi) is 1.72. The van der Waals surface area contributed by atoms with E-state index < -0.39 is 0 Å². The van der Waals surface area contributed by atoms with Gasteiger partial charge >= 0.3 is 6.03 Å². The van der Waals surface area contributed by atoms with Gasteiger partial charge in [-0.25, -0.2) is 4.79 Å². The molecule has 2 rings (SSSR count). The van der Waals surface area contributed by atoms with Gasteiger partial charge in [0, 0.05) is 6.54 Å². The van der Waals surface area contributed by atoms with Crippen LogP contribution in [0.5, 0.6) is 0 Å². The van der Waals surface area contributed by atoms with Gasteiger partial charge in [-0.2, -0.15) is 0 Å². The molecule has 0 saturated carbocycles. The van der Waals surface area contributed by atoms with Gasteiger partial charge in [-0.3, -0.25) is 0 Å². The monoisotopic (exact) mass is 176 g/mol. The molecule has 0 unspecified atom stereocenters. The Hall–Kier alpha value is -1.51. The smallest absolute Gasteiger partial charge is 0.315 e. The van der Waals surface area contributed by atoms with Crippen molar-refractivity contribution in [1.29, 1.82) is 0 Å². The fraction of sp³-hybridized carbons (Fsp3) is 0.300. The molecule has 1 saturated heterocycles. The molecule has 3 nitrogen and oxygen atoms in total. The van der Waals surface area contributed by atoms with E-state index in [1.807, 2.05) is 37.3 Å². The van der Waals surface area contributed by atoms with Crippen LogP contribution in [0, 0.1) is 0 Å². The quantitative estimate of drug-likeness (QED) is 0.663. The first-order chi connectivity index (χ1) is 6.21. The van der Waals surface area contributed by atoms with Crippen LogP contribution in [0.15, 0.2) is 30.3 Å². The zero-order chi connectivity index (χ0) is 9.31. The van der Waals surface area contributed by atoms with Crippen molar-refractivity contribution in [2.45, 2.75) is 12.5 Å². The van der Waals surface area contributed by atoms with Crippen LogP contribution < -0.4 is 10.6 Å². The Morgan fingerprint density at radius 2 is 2.00 bits per heavy atom. The Morgan fingerprint density at radius 1 is 1.31 bits per heavy atom. The average molecular weight is 176 g/mol. The van der Waals surface area contributed by atoms with E-state index in [4.69, 9.17) is 0 Å². The van der Waals surface area contributed by atoms with E-state index in [9.17, 15) is 4.79 Å². The Labute approximate surface area is 77.1 Å². The normalized spacial score (nSPS) is 26.7. The molecule has 0 aromatic heterocycles. The largest absolute Gasteiger partial charge is 0.335 e. The highest BCUT2D eigenvalue weighted by atomic mass is 16.2. The highest BCUT2D eigenvalue weighted by molar-refractivity contribution is 5.77. The van der Waals surface area contributed by atoms with Crippen molar-refractivity contribution in [2.75, 3.05) is 6.54 Å². The van der Waals surface area contributed by atoms with Crippen molar-refractivity contribution in [2.24, 2.45) is 0 Å². The van der Waals surface area contributed by atoms with E-state index in [1.54, 1.807) is 0 Å². The van der Waals surface area contributed by atoms with E-state index in [1.165, 1.54) is 0 Å². The molecule has 1 atom stereocenters. The van der Waals surface area contributed by atoms with Gasteiger partial charge in [0.05, 0.1) is 5.54 Å². The van der Waals surface area contributed by atoms with E-state index >= 15 is 0 Å². The highest BCUT2D eigenvalue weighted by Crippen LogP contribution is 2.21. The number of carbonyl (C=O) groups is 1. The minimum atomic E-state index is -0.252. The predicted octanol–water partition coefficient (Wildman–Crippen LogP) is 1.21. The third-order valence-corrected chi connectivity index (χ3v) is 2.40. The number of nitrogens with one attached hydrogen (secondary N) is 2. The van der Waals surface area contributed by atoms with Crippen molar-refractivity contribution in [3.05, 3.63) is 35.9 Å². The van der Waals surface area contributed by atoms with Crippen LogP contribution in [0.3, 0.4) is 0 Å². The van der Waals surface area contributed by atoms with E-state index in [-0.39, 0.29) is 11.6 Å². The minimum absolute atomic E-state index is 0.0913. The average Bonchev–Trinajstić information content (AvgIpc) is 2.49. The second-order valence-electron chi connectivity index (χ2n) is 3.51. The van der Waals surface area contributed by atoms with Gasteiger partial charge in [0.25, 0.3) is 0 Å². The first-order valence-electron chi connectivity index (χ1n) is 4.32. The molecule has 0 bridgehead atoms. The number of urea groups is 1. The Morgan fingerprint density at radius 3 is 2.54 bits per heavy atom. The molecule has 1 aromatic carbocycles. The van der Waals surface area contributed by atoms with Gasteiger partial charge in [0.15, 0.2) is 0 Å². The molecule has 2 amide bonds. The van der Waals surface area contributed by atoms with Gasteiger partial charge in [0.1, 0.15) is 0 Å². The topological polar surface area (TPSA) is 41.1 Å². The van der Waals surface area contributed by atoms with Gasteiger partial charge < -0.3 is 10.6 Å². The van der Waals surface area contributed by atoms with Gasteiger partial charge in [-0.1, -0.05) is 30.3 Å². The van der Waals surface area contributed by atoms with Crippen LogP contribution in [0.4, 0.5) is 4.79 Å². The van der Waals surface area contributed by atoms with Gasteiger partial charge in [-0.15, -0.1) is 0 Å². The second kappa shape index (κ2) is 2.76. The van der Waals surface area contributed by atoms with Gasteiger partial charge in [-0.05, 0) is 12.5 Å². The molecule has 3 heteroatoms. The number of carbonyl (C=O) groups excluding carboxylic acids is 1. The van der Waals surface area contributed by atoms with Crippen LogP contribution in [-0.2, 0) is 5.54 Å². The summed E-state index contributed by atoms with van der Waals surface area (Å²) in [7, 11) is 0. The van der Waals surface area contributed by atoms with E-state index in [0.717, 1.165) is 5.56 Å². The second-order valence-corrected chi connectivity index (χ2v) is 3.51. The number of hydrogen-bond donors (Lipinski definition) is 2. The van der Waals surface area contributed by atoms with Crippen LogP contribution in [0.2, 0.25) is 0 Å². The molecule has 0 spiro atoms. The fourth-order valence-corrected chi connectivity index (χ4v) is 1.58. The standard InChI is InChI=1S/C10H12N2O/c1-10(7-11-9(13)12-10)8-5-3-2-4-6-8/h2-6H,7H2,1H3,(H2,11,12,13)/t10-/m1/s1. The number of benzene rings is 1. The first kappa shape index (κ1) is 8.10. The summed E-state index contributed by atoms with van der Waals surface area (Å²) < 4.78 is 0. The molecular weight excluding hydrogens is 164 g/mol. The molecule has 13 heavy (non-hydrogen) atoms. The molecule has 1 heterocycles. The maximum Gasteiger partial charge on any atom is 0.315 e. The van der Waals surface area contributed by atoms with Crippen molar-refractivity contribution in [1.82, 2.24) is 10.6 Å². The molecule has 1 aliphatic heterocycles. The van der Waals surface area contributed by atoms with Gasteiger partial charge in [0.2, 0.25) is 0 Å². The maximum atomic E-state index is 11.0. The van der Waals surface area contributed by atoms with E-state index in [2.05, 4.69) is 10.6 Å². The zero-order valence-corrected chi connectivity index (χ0v) is 7.50. The molecule has 2 N–H and O–H groups in total. The molecule has 68 valence electrons. The summed E-state index contributed by atoms with van der Waals surface area (Å²) in [5.74, 6) is 0. The molecule has 1 fully saturated rings. The molecule has 0 aliphatic carbocycles. The third-order valence-electron chi connectivity index (χ3n) is 2.40. The summed E-state index contributed by atoms with van der Waals surface area (Å²) in [4.78, 5) is 11.0. The summed E-state index contributed by atoms with van der Waals surface area (Å²) in [5.41, 5.74) is 0.881. The SMILES string of the molecule is C[C@]1(c2ccccc2)CNC(=O)N1. The summed E-state index contributed by atoms with van der Waals surface area (Å²) in [6.45, 7) is 2.66. The Bertz CT molecular complexity index is 323. The maximum absolute atomic E-state index is 11.0. The first-order valence-corrected chi connectivity index (χ1v) is 4.32. The molecule has 1 aromatic rings. The lowest BCUT2D eigenvalue weighted by molar-refractivity contribution is 0.245. The predicted molar refractivity (Wildman–Crippen MR) is 50.3 cm³/mol. The zero-order valence-electron chi connectivity index (χ0n) is 7.50. The Balaban J connectivity index is 2.31. The lowest BCUT2D eigenvalue weighted by atomic mass is 9.93.